The largest absolute Gasteiger partial charge is 0.464 e. The molecule has 0 spiro atoms. The molecule has 1 heterocycles. The Hall–Kier alpha value is -0.840. The molecule has 4 nitrogen and oxygen atoms in total. The summed E-state index contributed by atoms with van der Waals surface area (Å²) in [5, 5.41) is 3.44. The van der Waals surface area contributed by atoms with Crippen LogP contribution in [-0.2, 0) is 17.9 Å². The molecule has 0 amide bonds. The summed E-state index contributed by atoms with van der Waals surface area (Å²) in [6.07, 6.45) is 0. The number of furan rings is 1. The molecule has 1 aromatic rings. The van der Waals surface area contributed by atoms with Gasteiger partial charge in [-0.25, -0.2) is 0 Å². The SMILES string of the molecule is Cc1oc(COCC(C)(C)N(C)C)cc1CNCC(C)C. The van der Waals surface area contributed by atoms with Crippen molar-refractivity contribution >= 4 is 0 Å². The molecule has 0 aliphatic heterocycles. The molecule has 0 unspecified atom stereocenters. The molecular weight excluding hydrogens is 264 g/mol. The van der Waals surface area contributed by atoms with E-state index < -0.39 is 0 Å². The number of hydrogen-bond acceptors (Lipinski definition) is 4. The molecule has 0 aliphatic carbocycles. The Balaban J connectivity index is 2.43. The van der Waals surface area contributed by atoms with Crippen LogP contribution in [-0.4, -0.2) is 37.7 Å². The average Bonchev–Trinajstić information content (AvgIpc) is 2.69. The first-order chi connectivity index (χ1) is 9.72. The second kappa shape index (κ2) is 7.97. The number of nitrogens with one attached hydrogen (secondary N) is 1. The molecule has 0 bridgehead atoms. The number of ether oxygens (including phenoxy) is 1. The van der Waals surface area contributed by atoms with Crippen molar-refractivity contribution in [1.82, 2.24) is 10.2 Å². The highest BCUT2D eigenvalue weighted by molar-refractivity contribution is 5.20. The third-order valence-electron chi connectivity index (χ3n) is 3.85. The summed E-state index contributed by atoms with van der Waals surface area (Å²) < 4.78 is 11.6. The minimum absolute atomic E-state index is 0.0310. The summed E-state index contributed by atoms with van der Waals surface area (Å²) in [5.41, 5.74) is 1.25. The predicted octanol–water partition coefficient (Wildman–Crippen LogP) is 3.19. The maximum atomic E-state index is 5.80. The van der Waals surface area contributed by atoms with E-state index in [1.807, 2.05) is 6.92 Å². The molecule has 4 heteroatoms. The second-order valence-electron chi connectivity index (χ2n) is 7.02. The third-order valence-corrected chi connectivity index (χ3v) is 3.85. The summed E-state index contributed by atoms with van der Waals surface area (Å²) in [6.45, 7) is 13.9. The van der Waals surface area contributed by atoms with Gasteiger partial charge in [0.2, 0.25) is 0 Å². The fourth-order valence-electron chi connectivity index (χ4n) is 1.86. The van der Waals surface area contributed by atoms with Crippen molar-refractivity contribution in [3.63, 3.8) is 0 Å². The third kappa shape index (κ3) is 6.20. The Kier molecular flexibility index (Phi) is 6.91. The monoisotopic (exact) mass is 296 g/mol. The van der Waals surface area contributed by atoms with E-state index in [1.54, 1.807) is 0 Å². The molecule has 0 radical (unpaired) electrons. The fourth-order valence-corrected chi connectivity index (χ4v) is 1.86. The molecule has 0 saturated carbocycles. The van der Waals surface area contributed by atoms with Crippen molar-refractivity contribution in [2.45, 2.75) is 53.3 Å². The first-order valence-corrected chi connectivity index (χ1v) is 7.76. The van der Waals surface area contributed by atoms with Crippen LogP contribution in [0.5, 0.6) is 0 Å². The van der Waals surface area contributed by atoms with Crippen LogP contribution in [0, 0.1) is 12.8 Å². The first kappa shape index (κ1) is 18.2. The molecule has 0 fully saturated rings. The van der Waals surface area contributed by atoms with E-state index in [-0.39, 0.29) is 5.54 Å². The van der Waals surface area contributed by atoms with Gasteiger partial charge in [0.1, 0.15) is 18.1 Å². The van der Waals surface area contributed by atoms with Crippen molar-refractivity contribution in [3.05, 3.63) is 23.2 Å². The van der Waals surface area contributed by atoms with Gasteiger partial charge in [-0.05, 0) is 53.4 Å². The van der Waals surface area contributed by atoms with E-state index in [4.69, 9.17) is 9.15 Å². The van der Waals surface area contributed by atoms with Crippen LogP contribution in [0.25, 0.3) is 0 Å². The molecule has 0 aromatic carbocycles. The van der Waals surface area contributed by atoms with Crippen LogP contribution in [0.1, 0.15) is 44.8 Å². The van der Waals surface area contributed by atoms with E-state index >= 15 is 0 Å². The zero-order valence-corrected chi connectivity index (χ0v) is 14.7. The number of nitrogens with zero attached hydrogens (tertiary/aromatic N) is 1. The Morgan fingerprint density at radius 1 is 1.33 bits per heavy atom. The van der Waals surface area contributed by atoms with Gasteiger partial charge in [0.25, 0.3) is 0 Å². The van der Waals surface area contributed by atoms with Crippen molar-refractivity contribution in [2.24, 2.45) is 5.92 Å². The van der Waals surface area contributed by atoms with E-state index in [9.17, 15) is 0 Å². The fraction of sp³-hybridized carbons (Fsp3) is 0.765. The van der Waals surface area contributed by atoms with Gasteiger partial charge in [-0.1, -0.05) is 13.8 Å². The summed E-state index contributed by atoms with van der Waals surface area (Å²) in [6, 6.07) is 2.10. The average molecular weight is 296 g/mol. The number of aryl methyl sites for hydroxylation is 1. The number of likely N-dealkylation sites (N-methyl/N-ethyl adjacent to an activating group) is 1. The molecular formula is C17H32N2O2. The molecule has 21 heavy (non-hydrogen) atoms. The summed E-state index contributed by atoms with van der Waals surface area (Å²) in [4.78, 5) is 2.17. The van der Waals surface area contributed by atoms with E-state index in [1.165, 1.54) is 5.56 Å². The minimum Gasteiger partial charge on any atom is -0.464 e. The maximum Gasteiger partial charge on any atom is 0.130 e. The van der Waals surface area contributed by atoms with Crippen molar-refractivity contribution in [1.29, 1.82) is 0 Å². The quantitative estimate of drug-likeness (QED) is 0.759. The molecule has 122 valence electrons. The first-order valence-electron chi connectivity index (χ1n) is 7.76. The molecule has 1 rings (SSSR count). The van der Waals surface area contributed by atoms with Crippen LogP contribution < -0.4 is 5.32 Å². The van der Waals surface area contributed by atoms with Gasteiger partial charge >= 0.3 is 0 Å². The van der Waals surface area contributed by atoms with Crippen molar-refractivity contribution in [2.75, 3.05) is 27.2 Å². The van der Waals surface area contributed by atoms with Crippen LogP contribution in [0.2, 0.25) is 0 Å². The van der Waals surface area contributed by atoms with Crippen LogP contribution in [0.4, 0.5) is 0 Å². The van der Waals surface area contributed by atoms with E-state index in [0.29, 0.717) is 19.1 Å². The molecule has 0 saturated heterocycles. The standard InChI is InChI=1S/C17H32N2O2/c1-13(2)9-18-10-15-8-16(21-14(15)3)11-20-12-17(4,5)19(6)7/h8,13,18H,9-12H2,1-7H3. The Bertz CT molecular complexity index is 422. The molecule has 0 aliphatic rings. The van der Waals surface area contributed by atoms with E-state index in [2.05, 4.69) is 58.1 Å². The molecule has 0 atom stereocenters. The Labute approximate surface area is 129 Å². The smallest absolute Gasteiger partial charge is 0.130 e. The minimum atomic E-state index is 0.0310. The van der Waals surface area contributed by atoms with Crippen molar-refractivity contribution < 1.29 is 9.15 Å². The summed E-state index contributed by atoms with van der Waals surface area (Å²) >= 11 is 0. The predicted molar refractivity (Wildman–Crippen MR) is 87.4 cm³/mol. The van der Waals surface area contributed by atoms with Crippen LogP contribution >= 0.6 is 0 Å². The Morgan fingerprint density at radius 2 is 2.00 bits per heavy atom. The zero-order chi connectivity index (χ0) is 16.0. The van der Waals surface area contributed by atoms with Crippen LogP contribution in [0.3, 0.4) is 0 Å². The summed E-state index contributed by atoms with van der Waals surface area (Å²) in [7, 11) is 4.14. The molecule has 1 N–H and O–H groups in total. The van der Waals surface area contributed by atoms with E-state index in [0.717, 1.165) is 24.6 Å². The van der Waals surface area contributed by atoms with Crippen molar-refractivity contribution in [3.8, 4) is 0 Å². The van der Waals surface area contributed by atoms with Gasteiger partial charge in [-0.15, -0.1) is 0 Å². The normalized spacial score (nSPS) is 12.6. The lowest BCUT2D eigenvalue weighted by Crippen LogP contribution is -2.42. The van der Waals surface area contributed by atoms with Gasteiger partial charge < -0.3 is 19.4 Å². The van der Waals surface area contributed by atoms with Gasteiger partial charge in [-0.3, -0.25) is 0 Å². The highest BCUT2D eigenvalue weighted by Gasteiger charge is 2.20. The second-order valence-corrected chi connectivity index (χ2v) is 7.02. The van der Waals surface area contributed by atoms with Gasteiger partial charge in [0.15, 0.2) is 0 Å². The lowest BCUT2D eigenvalue weighted by Gasteiger charge is -2.31. The van der Waals surface area contributed by atoms with Gasteiger partial charge in [-0.2, -0.15) is 0 Å². The lowest BCUT2D eigenvalue weighted by molar-refractivity contribution is 0.0207. The highest BCUT2D eigenvalue weighted by atomic mass is 16.5. The number of hydrogen-bond donors (Lipinski definition) is 1. The number of rotatable bonds is 9. The van der Waals surface area contributed by atoms with Gasteiger partial charge in [0.05, 0.1) is 6.61 Å². The van der Waals surface area contributed by atoms with Crippen LogP contribution in [0.15, 0.2) is 10.5 Å². The zero-order valence-electron chi connectivity index (χ0n) is 14.7. The lowest BCUT2D eigenvalue weighted by atomic mass is 10.1. The Morgan fingerprint density at radius 3 is 2.57 bits per heavy atom. The highest BCUT2D eigenvalue weighted by Crippen LogP contribution is 2.17. The maximum absolute atomic E-state index is 5.80. The topological polar surface area (TPSA) is 37.6 Å². The summed E-state index contributed by atoms with van der Waals surface area (Å²) in [5.74, 6) is 2.55. The van der Waals surface area contributed by atoms with Gasteiger partial charge in [0, 0.05) is 17.6 Å². The molecule has 1 aromatic heterocycles.